The van der Waals surface area contributed by atoms with E-state index in [1.807, 2.05) is 0 Å². The van der Waals surface area contributed by atoms with E-state index in [0.717, 1.165) is 6.42 Å². The number of rotatable bonds is 2. The van der Waals surface area contributed by atoms with Crippen molar-refractivity contribution in [1.29, 1.82) is 0 Å². The second kappa shape index (κ2) is 4.59. The fraction of sp³-hybridized carbons (Fsp3) is 0.615. The molecule has 0 saturated heterocycles. The van der Waals surface area contributed by atoms with Gasteiger partial charge in [-0.2, -0.15) is 0 Å². The summed E-state index contributed by atoms with van der Waals surface area (Å²) in [6.07, 6.45) is 2.93. The lowest BCUT2D eigenvalue weighted by Crippen LogP contribution is -2.31. The largest absolute Gasteiger partial charge is 0.315 e. The maximum atomic E-state index is 13.2. The van der Waals surface area contributed by atoms with Crippen molar-refractivity contribution >= 4 is 0 Å². The third kappa shape index (κ3) is 2.93. The van der Waals surface area contributed by atoms with Crippen LogP contribution in [0.3, 0.4) is 0 Å². The molecule has 1 heterocycles. The van der Waals surface area contributed by atoms with Crippen molar-refractivity contribution in [3.05, 3.63) is 34.2 Å². The van der Waals surface area contributed by atoms with Gasteiger partial charge in [0.15, 0.2) is 0 Å². The Labute approximate surface area is 99.3 Å². The summed E-state index contributed by atoms with van der Waals surface area (Å²) in [6.45, 7) is 2.16. The molecule has 1 saturated carbocycles. The van der Waals surface area contributed by atoms with E-state index in [2.05, 4.69) is 0 Å². The van der Waals surface area contributed by atoms with Gasteiger partial charge in [-0.1, -0.05) is 6.07 Å². The zero-order chi connectivity index (χ0) is 12.5. The van der Waals surface area contributed by atoms with Gasteiger partial charge >= 0.3 is 0 Å². The van der Waals surface area contributed by atoms with Gasteiger partial charge in [-0.05, 0) is 31.7 Å². The van der Waals surface area contributed by atoms with Gasteiger partial charge in [0.1, 0.15) is 0 Å². The van der Waals surface area contributed by atoms with Crippen LogP contribution in [0.1, 0.15) is 31.2 Å². The second-order valence-corrected chi connectivity index (χ2v) is 4.97. The van der Waals surface area contributed by atoms with Crippen molar-refractivity contribution in [3.63, 3.8) is 0 Å². The molecule has 0 amide bonds. The van der Waals surface area contributed by atoms with E-state index < -0.39 is 5.92 Å². The van der Waals surface area contributed by atoms with Crippen molar-refractivity contribution in [2.24, 2.45) is 5.92 Å². The first-order valence-electron chi connectivity index (χ1n) is 6.02. The zero-order valence-electron chi connectivity index (χ0n) is 9.96. The fourth-order valence-electron chi connectivity index (χ4n) is 2.51. The summed E-state index contributed by atoms with van der Waals surface area (Å²) in [5, 5.41) is 0. The van der Waals surface area contributed by atoms with Gasteiger partial charge in [-0.15, -0.1) is 0 Å². The molecule has 94 valence electrons. The van der Waals surface area contributed by atoms with Crippen molar-refractivity contribution < 1.29 is 8.78 Å². The molecule has 2 rings (SSSR count). The average molecular weight is 241 g/mol. The highest BCUT2D eigenvalue weighted by atomic mass is 19.3. The summed E-state index contributed by atoms with van der Waals surface area (Å²) in [5.74, 6) is -2.63. The van der Waals surface area contributed by atoms with Crippen molar-refractivity contribution in [2.45, 2.75) is 45.1 Å². The van der Waals surface area contributed by atoms with Crippen molar-refractivity contribution in [3.8, 4) is 0 Å². The first-order chi connectivity index (χ1) is 7.98. The topological polar surface area (TPSA) is 22.0 Å². The Bertz CT molecular complexity index is 453. The van der Waals surface area contributed by atoms with Gasteiger partial charge < -0.3 is 4.57 Å². The lowest BCUT2D eigenvalue weighted by molar-refractivity contribution is -0.0548. The predicted molar refractivity (Wildman–Crippen MR) is 62.3 cm³/mol. The van der Waals surface area contributed by atoms with Crippen molar-refractivity contribution in [1.82, 2.24) is 4.57 Å². The monoisotopic (exact) mass is 241 g/mol. The molecular weight excluding hydrogens is 224 g/mol. The van der Waals surface area contributed by atoms with Crippen molar-refractivity contribution in [2.75, 3.05) is 0 Å². The predicted octanol–water partition coefficient (Wildman–Crippen LogP) is 2.98. The van der Waals surface area contributed by atoms with Gasteiger partial charge in [0.25, 0.3) is 5.56 Å². The smallest absolute Gasteiger partial charge is 0.253 e. The normalized spacial score (nSPS) is 23.6. The molecule has 1 aromatic rings. The highest BCUT2D eigenvalue weighted by Gasteiger charge is 2.36. The van der Waals surface area contributed by atoms with E-state index in [-0.39, 0.29) is 24.3 Å². The number of alkyl halides is 2. The number of aryl methyl sites for hydroxylation is 1. The Morgan fingerprint density at radius 3 is 3.00 bits per heavy atom. The molecule has 1 aliphatic rings. The zero-order valence-corrected chi connectivity index (χ0v) is 9.96. The Morgan fingerprint density at radius 1 is 1.53 bits per heavy atom. The van der Waals surface area contributed by atoms with Gasteiger partial charge in [0.2, 0.25) is 5.92 Å². The Kier molecular flexibility index (Phi) is 3.31. The quantitative estimate of drug-likeness (QED) is 0.780. The van der Waals surface area contributed by atoms with Gasteiger partial charge in [-0.25, -0.2) is 8.78 Å². The first-order valence-corrected chi connectivity index (χ1v) is 6.02. The van der Waals surface area contributed by atoms with Crippen LogP contribution in [0.5, 0.6) is 0 Å². The summed E-state index contributed by atoms with van der Waals surface area (Å²) in [5.41, 5.74) is 0.594. The minimum absolute atomic E-state index is 0.00772. The summed E-state index contributed by atoms with van der Waals surface area (Å²) >= 11 is 0. The molecule has 0 aromatic carbocycles. The molecular formula is C13H17F2NO. The molecule has 1 atom stereocenters. The number of hydrogen-bond acceptors (Lipinski definition) is 1. The maximum Gasteiger partial charge on any atom is 0.253 e. The van der Waals surface area contributed by atoms with Crippen LogP contribution >= 0.6 is 0 Å². The van der Waals surface area contributed by atoms with Gasteiger partial charge in [0.05, 0.1) is 0 Å². The highest BCUT2D eigenvalue weighted by molar-refractivity contribution is 5.07. The number of hydrogen-bond donors (Lipinski definition) is 0. The van der Waals surface area contributed by atoms with Crippen LogP contribution in [-0.4, -0.2) is 10.5 Å². The number of pyridine rings is 1. The molecule has 0 bridgehead atoms. The average Bonchev–Trinajstić information content (AvgIpc) is 2.23. The third-order valence-electron chi connectivity index (χ3n) is 3.41. The third-order valence-corrected chi connectivity index (χ3v) is 3.41. The highest BCUT2D eigenvalue weighted by Crippen LogP contribution is 2.37. The number of halogens is 2. The Morgan fingerprint density at radius 2 is 2.29 bits per heavy atom. The van der Waals surface area contributed by atoms with Gasteiger partial charge in [0, 0.05) is 31.1 Å². The summed E-state index contributed by atoms with van der Waals surface area (Å²) in [4.78, 5) is 11.8. The lowest BCUT2D eigenvalue weighted by atomic mass is 9.86. The van der Waals surface area contributed by atoms with Crippen LogP contribution in [0.4, 0.5) is 8.78 Å². The Hall–Kier alpha value is -1.19. The minimum Gasteiger partial charge on any atom is -0.315 e. The summed E-state index contributed by atoms with van der Waals surface area (Å²) in [7, 11) is 0. The molecule has 17 heavy (non-hydrogen) atoms. The molecule has 1 aliphatic carbocycles. The fourth-order valence-corrected chi connectivity index (χ4v) is 2.51. The molecule has 0 spiro atoms. The Balaban J connectivity index is 2.11. The number of nitrogens with zero attached hydrogens (tertiary/aromatic N) is 1. The standard InChI is InChI=1S/C13H17F2NO/c1-10-4-3-7-16(12(10)17)9-11-5-2-6-13(14,15)8-11/h3-4,7,11H,2,5-6,8-9H2,1H3. The van der Waals surface area contributed by atoms with E-state index in [0.29, 0.717) is 18.5 Å². The molecule has 0 N–H and O–H groups in total. The van der Waals surface area contributed by atoms with E-state index in [1.165, 1.54) is 0 Å². The van der Waals surface area contributed by atoms with Crippen LogP contribution in [0, 0.1) is 12.8 Å². The minimum atomic E-state index is -2.55. The van der Waals surface area contributed by atoms with Crippen LogP contribution in [0.25, 0.3) is 0 Å². The van der Waals surface area contributed by atoms with Crippen LogP contribution in [0.15, 0.2) is 23.1 Å². The van der Waals surface area contributed by atoms with E-state index in [1.54, 1.807) is 29.8 Å². The molecule has 1 aromatic heterocycles. The van der Waals surface area contributed by atoms with Crippen LogP contribution < -0.4 is 5.56 Å². The first kappa shape index (κ1) is 12.3. The van der Waals surface area contributed by atoms with E-state index in [9.17, 15) is 13.6 Å². The van der Waals surface area contributed by atoms with Crippen LogP contribution in [0.2, 0.25) is 0 Å². The molecule has 1 fully saturated rings. The SMILES string of the molecule is Cc1cccn(CC2CCCC(F)(F)C2)c1=O. The number of aromatic nitrogens is 1. The molecule has 0 radical (unpaired) electrons. The molecule has 4 heteroatoms. The summed E-state index contributed by atoms with van der Waals surface area (Å²) < 4.78 is 28.1. The molecule has 2 nitrogen and oxygen atoms in total. The second-order valence-electron chi connectivity index (χ2n) is 4.97. The maximum absolute atomic E-state index is 13.2. The lowest BCUT2D eigenvalue weighted by Gasteiger charge is -2.29. The summed E-state index contributed by atoms with van der Waals surface area (Å²) in [6, 6.07) is 3.53. The van der Waals surface area contributed by atoms with Crippen LogP contribution in [-0.2, 0) is 6.54 Å². The molecule has 0 aliphatic heterocycles. The van der Waals surface area contributed by atoms with Gasteiger partial charge in [-0.3, -0.25) is 4.79 Å². The van der Waals surface area contributed by atoms with E-state index >= 15 is 0 Å². The molecule has 1 unspecified atom stereocenters. The van der Waals surface area contributed by atoms with E-state index in [4.69, 9.17) is 0 Å².